The first kappa shape index (κ1) is 17.8. The molecule has 0 N–H and O–H groups in total. The van der Waals surface area contributed by atoms with Crippen molar-refractivity contribution in [1.82, 2.24) is 13.7 Å². The van der Waals surface area contributed by atoms with Crippen LogP contribution in [0.25, 0.3) is 22.2 Å². The van der Waals surface area contributed by atoms with E-state index in [2.05, 4.69) is 49.6 Å². The van der Waals surface area contributed by atoms with E-state index in [0.29, 0.717) is 30.7 Å². The molecule has 1 aliphatic rings. The smallest absolute Gasteiger partial charge is 0.331 e. The second-order valence-electron chi connectivity index (χ2n) is 8.26. The zero-order chi connectivity index (χ0) is 19.5. The van der Waals surface area contributed by atoms with Crippen LogP contribution >= 0.6 is 0 Å². The Bertz CT molecular complexity index is 1160. The van der Waals surface area contributed by atoms with Gasteiger partial charge in [-0.3, -0.25) is 13.9 Å². The van der Waals surface area contributed by atoms with Crippen LogP contribution in [0.1, 0.15) is 32.0 Å². The van der Waals surface area contributed by atoms with Crippen molar-refractivity contribution >= 4 is 10.9 Å². The first-order valence-corrected chi connectivity index (χ1v) is 9.21. The maximum atomic E-state index is 13.0. The first-order valence-electron chi connectivity index (χ1n) is 9.21. The van der Waals surface area contributed by atoms with Gasteiger partial charge in [-0.1, -0.05) is 45.0 Å². The molecule has 3 heterocycles. The Labute approximate surface area is 157 Å². The summed E-state index contributed by atoms with van der Waals surface area (Å²) in [6.45, 7) is 8.20. The monoisotopic (exact) mass is 367 g/mol. The van der Waals surface area contributed by atoms with Gasteiger partial charge >= 0.3 is 5.69 Å². The van der Waals surface area contributed by atoms with Crippen molar-refractivity contribution in [3.05, 3.63) is 56.4 Å². The SMILES string of the molecule is Cn1c(=O)c2c(-c3ccc(C(C)(C)C)cc3)n3c(c2n(C)c1=O)COCC3. The second kappa shape index (κ2) is 5.96. The lowest BCUT2D eigenvalue weighted by Crippen LogP contribution is -2.36. The number of hydrogen-bond donors (Lipinski definition) is 0. The normalized spacial score (nSPS) is 14.6. The fraction of sp³-hybridized carbons (Fsp3) is 0.429. The Morgan fingerprint density at radius 3 is 2.30 bits per heavy atom. The predicted molar refractivity (Wildman–Crippen MR) is 106 cm³/mol. The molecule has 3 aromatic rings. The van der Waals surface area contributed by atoms with Crippen molar-refractivity contribution in [2.75, 3.05) is 6.61 Å². The fourth-order valence-electron chi connectivity index (χ4n) is 3.94. The van der Waals surface area contributed by atoms with Crippen LogP contribution in [0.15, 0.2) is 33.9 Å². The molecule has 0 unspecified atom stereocenters. The lowest BCUT2D eigenvalue weighted by Gasteiger charge is -2.21. The predicted octanol–water partition coefficient (Wildman–Crippen LogP) is 2.53. The molecule has 0 bridgehead atoms. The summed E-state index contributed by atoms with van der Waals surface area (Å²) in [7, 11) is 3.25. The fourth-order valence-corrected chi connectivity index (χ4v) is 3.94. The molecule has 27 heavy (non-hydrogen) atoms. The summed E-state index contributed by atoms with van der Waals surface area (Å²) >= 11 is 0. The molecule has 0 spiro atoms. The molecule has 2 aromatic heterocycles. The molecular weight excluding hydrogens is 342 g/mol. The molecule has 1 aliphatic heterocycles. The minimum atomic E-state index is -0.318. The number of benzene rings is 1. The van der Waals surface area contributed by atoms with Gasteiger partial charge in [0.25, 0.3) is 5.56 Å². The minimum Gasteiger partial charge on any atom is -0.373 e. The molecule has 1 aromatic carbocycles. The van der Waals surface area contributed by atoms with Crippen LogP contribution in [0.3, 0.4) is 0 Å². The van der Waals surface area contributed by atoms with Crippen molar-refractivity contribution in [1.29, 1.82) is 0 Å². The third-order valence-corrected chi connectivity index (χ3v) is 5.49. The molecule has 0 fully saturated rings. The van der Waals surface area contributed by atoms with E-state index in [0.717, 1.165) is 17.0 Å². The van der Waals surface area contributed by atoms with E-state index in [1.165, 1.54) is 17.2 Å². The van der Waals surface area contributed by atoms with Gasteiger partial charge in [-0.05, 0) is 16.5 Å². The topological polar surface area (TPSA) is 58.2 Å². The molecule has 0 amide bonds. The lowest BCUT2D eigenvalue weighted by atomic mass is 9.86. The summed E-state index contributed by atoms with van der Waals surface area (Å²) in [4.78, 5) is 25.5. The van der Waals surface area contributed by atoms with E-state index in [1.54, 1.807) is 11.6 Å². The van der Waals surface area contributed by atoms with E-state index >= 15 is 0 Å². The number of aryl methyl sites for hydroxylation is 1. The van der Waals surface area contributed by atoms with E-state index in [4.69, 9.17) is 4.74 Å². The van der Waals surface area contributed by atoms with E-state index in [9.17, 15) is 9.59 Å². The largest absolute Gasteiger partial charge is 0.373 e. The highest BCUT2D eigenvalue weighted by Crippen LogP contribution is 2.34. The molecular formula is C21H25N3O3. The van der Waals surface area contributed by atoms with Crippen LogP contribution in [-0.2, 0) is 37.4 Å². The van der Waals surface area contributed by atoms with Gasteiger partial charge in [-0.25, -0.2) is 4.79 Å². The van der Waals surface area contributed by atoms with Crippen LogP contribution in [0, 0.1) is 0 Å². The van der Waals surface area contributed by atoms with Gasteiger partial charge in [0.1, 0.15) is 0 Å². The van der Waals surface area contributed by atoms with Crippen LogP contribution in [0.2, 0.25) is 0 Å². The van der Waals surface area contributed by atoms with Crippen molar-refractivity contribution < 1.29 is 4.74 Å². The number of aromatic nitrogens is 3. The average molecular weight is 367 g/mol. The summed E-state index contributed by atoms with van der Waals surface area (Å²) in [5.41, 5.74) is 4.15. The first-order chi connectivity index (χ1) is 12.7. The van der Waals surface area contributed by atoms with E-state index in [1.807, 2.05) is 0 Å². The maximum absolute atomic E-state index is 13.0. The highest BCUT2D eigenvalue weighted by Gasteiger charge is 2.26. The lowest BCUT2D eigenvalue weighted by molar-refractivity contribution is 0.0864. The molecule has 4 rings (SSSR count). The van der Waals surface area contributed by atoms with Crippen LogP contribution in [-0.4, -0.2) is 20.3 Å². The number of ether oxygens (including phenoxy) is 1. The molecule has 6 heteroatoms. The third kappa shape index (κ3) is 2.58. The van der Waals surface area contributed by atoms with Crippen LogP contribution < -0.4 is 11.2 Å². The van der Waals surface area contributed by atoms with E-state index < -0.39 is 0 Å². The molecule has 0 atom stereocenters. The summed E-state index contributed by atoms with van der Waals surface area (Å²) in [5.74, 6) is 0. The molecule has 6 nitrogen and oxygen atoms in total. The van der Waals surface area contributed by atoms with Crippen molar-refractivity contribution in [3.8, 4) is 11.3 Å². The second-order valence-corrected chi connectivity index (χ2v) is 8.26. The highest BCUT2D eigenvalue weighted by molar-refractivity contribution is 5.96. The van der Waals surface area contributed by atoms with Crippen LogP contribution in [0.4, 0.5) is 0 Å². The van der Waals surface area contributed by atoms with Crippen LogP contribution in [0.5, 0.6) is 0 Å². The quantitative estimate of drug-likeness (QED) is 0.664. The van der Waals surface area contributed by atoms with Crippen molar-refractivity contribution in [2.24, 2.45) is 14.1 Å². The average Bonchev–Trinajstić information content (AvgIpc) is 2.99. The van der Waals surface area contributed by atoms with Crippen molar-refractivity contribution in [2.45, 2.75) is 39.3 Å². The minimum absolute atomic E-state index is 0.0626. The van der Waals surface area contributed by atoms with Gasteiger partial charge in [-0.15, -0.1) is 0 Å². The standard InChI is InChI=1S/C21H25N3O3/c1-21(2,3)14-8-6-13(7-9-14)17-16-18(15-12-27-11-10-24(15)17)22(4)20(26)23(5)19(16)25/h6-9H,10-12H2,1-5H3. The van der Waals surface area contributed by atoms with Gasteiger partial charge in [0.2, 0.25) is 0 Å². The molecule has 0 saturated heterocycles. The number of fused-ring (bicyclic) bond motifs is 3. The van der Waals surface area contributed by atoms with Gasteiger partial charge in [0.05, 0.1) is 35.5 Å². The zero-order valence-corrected chi connectivity index (χ0v) is 16.5. The van der Waals surface area contributed by atoms with E-state index in [-0.39, 0.29) is 16.7 Å². The molecule has 142 valence electrons. The van der Waals surface area contributed by atoms with Gasteiger partial charge in [0.15, 0.2) is 0 Å². The molecule has 0 saturated carbocycles. The Kier molecular flexibility index (Phi) is 3.93. The van der Waals surface area contributed by atoms with Crippen molar-refractivity contribution in [3.63, 3.8) is 0 Å². The summed E-state index contributed by atoms with van der Waals surface area (Å²) in [6.07, 6.45) is 0. The molecule has 0 radical (unpaired) electrons. The Hall–Kier alpha value is -2.60. The number of hydrogen-bond acceptors (Lipinski definition) is 3. The maximum Gasteiger partial charge on any atom is 0.331 e. The molecule has 0 aliphatic carbocycles. The highest BCUT2D eigenvalue weighted by atomic mass is 16.5. The summed E-state index contributed by atoms with van der Waals surface area (Å²) in [5, 5.41) is 0.587. The van der Waals surface area contributed by atoms with Gasteiger partial charge in [-0.2, -0.15) is 0 Å². The Balaban J connectivity index is 2.09. The zero-order valence-electron chi connectivity index (χ0n) is 16.5. The number of rotatable bonds is 1. The summed E-state index contributed by atoms with van der Waals surface area (Å²) in [6, 6.07) is 8.38. The van der Waals surface area contributed by atoms with Gasteiger partial charge < -0.3 is 9.30 Å². The summed E-state index contributed by atoms with van der Waals surface area (Å²) < 4.78 is 10.5. The Morgan fingerprint density at radius 1 is 1.00 bits per heavy atom. The third-order valence-electron chi connectivity index (χ3n) is 5.49. The van der Waals surface area contributed by atoms with Gasteiger partial charge in [0, 0.05) is 20.6 Å². The Morgan fingerprint density at radius 2 is 1.67 bits per heavy atom. The number of nitrogens with zero attached hydrogens (tertiary/aromatic N) is 3.